The van der Waals surface area contributed by atoms with Gasteiger partial charge in [-0.05, 0) is 49.4 Å². The predicted molar refractivity (Wildman–Crippen MR) is 125 cm³/mol. The number of nitrogens with one attached hydrogen (secondary N) is 2. The second-order valence-corrected chi connectivity index (χ2v) is 8.43. The number of halogens is 1. The van der Waals surface area contributed by atoms with E-state index in [1.807, 2.05) is 30.3 Å². The summed E-state index contributed by atoms with van der Waals surface area (Å²) in [5.74, 6) is -0.628. The van der Waals surface area contributed by atoms with Gasteiger partial charge in [0.25, 0.3) is 0 Å². The van der Waals surface area contributed by atoms with Crippen LogP contribution in [0.4, 0.5) is 16.0 Å². The van der Waals surface area contributed by atoms with Crippen molar-refractivity contribution in [2.45, 2.75) is 13.2 Å². The van der Waals surface area contributed by atoms with Gasteiger partial charge in [0.15, 0.2) is 5.82 Å². The van der Waals surface area contributed by atoms with Crippen LogP contribution in [0, 0.1) is 11.2 Å². The van der Waals surface area contributed by atoms with Gasteiger partial charge in [0.1, 0.15) is 11.2 Å². The van der Waals surface area contributed by atoms with E-state index in [2.05, 4.69) is 25.3 Å². The first-order valence-electron chi connectivity index (χ1n) is 10.9. The molecule has 9 nitrogen and oxygen atoms in total. The summed E-state index contributed by atoms with van der Waals surface area (Å²) in [4.78, 5) is 28.3. The maximum atomic E-state index is 13.6. The molecule has 2 aromatic carbocycles. The van der Waals surface area contributed by atoms with E-state index in [-0.39, 0.29) is 19.0 Å². The van der Waals surface area contributed by atoms with Crippen LogP contribution in [-0.4, -0.2) is 44.2 Å². The molecule has 0 atom stereocenters. The third-order valence-electron chi connectivity index (χ3n) is 5.63. The fourth-order valence-corrected chi connectivity index (χ4v) is 3.60. The summed E-state index contributed by atoms with van der Waals surface area (Å²) in [5, 5.41) is 12.6. The van der Waals surface area contributed by atoms with Crippen molar-refractivity contribution in [3.05, 3.63) is 78.5 Å². The van der Waals surface area contributed by atoms with Crippen LogP contribution in [0.1, 0.15) is 19.0 Å². The monoisotopic (exact) mass is 475 g/mol. The number of aromatic nitrogens is 4. The van der Waals surface area contributed by atoms with Crippen molar-refractivity contribution >= 4 is 17.6 Å². The van der Waals surface area contributed by atoms with Crippen molar-refractivity contribution in [2.75, 3.05) is 18.5 Å². The highest BCUT2D eigenvalue weighted by atomic mass is 19.1. The van der Waals surface area contributed by atoms with E-state index in [0.717, 1.165) is 5.69 Å². The van der Waals surface area contributed by atoms with E-state index >= 15 is 0 Å². The fraction of sp³-hybridized carbons (Fsp3) is 0.200. The molecule has 4 aromatic rings. The first kappa shape index (κ1) is 22.6. The molecule has 35 heavy (non-hydrogen) atoms. The Kier molecular flexibility index (Phi) is 5.98. The number of H-pyrrole nitrogens is 1. The minimum atomic E-state index is -1.14. The summed E-state index contributed by atoms with van der Waals surface area (Å²) < 4.78 is 25.0. The Bertz CT molecular complexity index is 1340. The Morgan fingerprint density at radius 1 is 1.09 bits per heavy atom. The molecule has 0 bridgehead atoms. The van der Waals surface area contributed by atoms with E-state index in [1.54, 1.807) is 31.3 Å². The topological polar surface area (TPSA) is 122 Å². The number of nitrogens with zero attached hydrogens (tertiary/aromatic N) is 3. The molecule has 178 valence electrons. The van der Waals surface area contributed by atoms with Gasteiger partial charge in [-0.1, -0.05) is 18.2 Å². The lowest BCUT2D eigenvalue weighted by Gasteiger charge is -2.33. The highest BCUT2D eigenvalue weighted by molar-refractivity contribution is 5.77. The molecular weight excluding hydrogens is 453 g/mol. The van der Waals surface area contributed by atoms with Crippen molar-refractivity contribution in [2.24, 2.45) is 5.41 Å². The van der Waals surface area contributed by atoms with E-state index in [1.165, 1.54) is 12.1 Å². The van der Waals surface area contributed by atoms with E-state index in [4.69, 9.17) is 9.47 Å². The normalized spacial score (nSPS) is 19.9. The lowest BCUT2D eigenvalue weighted by Crippen LogP contribution is -2.42. The second kappa shape index (κ2) is 9.24. The molecular formula is C25H22FN5O4. The molecule has 0 unspecified atom stereocenters. The molecule has 1 aliphatic rings. The molecule has 1 fully saturated rings. The van der Waals surface area contributed by atoms with Crippen molar-refractivity contribution in [3.8, 4) is 22.6 Å². The summed E-state index contributed by atoms with van der Waals surface area (Å²) in [6, 6.07) is 17.2. The number of hydrogen-bond acceptors (Lipinski definition) is 7. The molecule has 5 rings (SSSR count). The van der Waals surface area contributed by atoms with Crippen LogP contribution in [0.2, 0.25) is 0 Å². The molecule has 0 aliphatic carbocycles. The van der Waals surface area contributed by atoms with Gasteiger partial charge in [0, 0.05) is 17.4 Å². The van der Waals surface area contributed by atoms with Gasteiger partial charge in [-0.2, -0.15) is 0 Å². The second-order valence-electron chi connectivity index (χ2n) is 8.43. The zero-order valence-electron chi connectivity index (χ0n) is 18.7. The van der Waals surface area contributed by atoms with Gasteiger partial charge in [-0.25, -0.2) is 19.3 Å². The highest BCUT2D eigenvalue weighted by Gasteiger charge is 2.41. The minimum Gasteiger partial charge on any atom is -0.481 e. The lowest BCUT2D eigenvalue weighted by atomic mass is 9.92. The summed E-state index contributed by atoms with van der Waals surface area (Å²) in [5.41, 5.74) is 1.97. The van der Waals surface area contributed by atoms with Crippen molar-refractivity contribution in [1.82, 2.24) is 19.9 Å². The zero-order valence-corrected chi connectivity index (χ0v) is 18.7. The molecule has 0 spiro atoms. The van der Waals surface area contributed by atoms with Crippen LogP contribution in [0.25, 0.3) is 22.6 Å². The van der Waals surface area contributed by atoms with E-state index in [0.29, 0.717) is 34.4 Å². The Morgan fingerprint density at radius 2 is 1.80 bits per heavy atom. The number of imidazole rings is 1. The summed E-state index contributed by atoms with van der Waals surface area (Å²) >= 11 is 0. The smallest absolute Gasteiger partial charge is 0.314 e. The Hall–Kier alpha value is -4.15. The number of anilines is 2. The molecule has 0 saturated carbocycles. The minimum absolute atomic E-state index is 0.0342. The fourth-order valence-electron chi connectivity index (χ4n) is 3.60. The quantitative estimate of drug-likeness (QED) is 0.371. The average Bonchev–Trinajstić information content (AvgIpc) is 3.31. The predicted octanol–water partition coefficient (Wildman–Crippen LogP) is 4.55. The summed E-state index contributed by atoms with van der Waals surface area (Å²) in [7, 11) is 0. The summed E-state index contributed by atoms with van der Waals surface area (Å²) in [6.45, 7) is 1.49. The standard InChI is InChI=1S/C25H22FN5O4/c1-25(23(32)33)13-34-22(35-14-25)21-30-19(15-7-9-16(26)10-8-15)20(31-21)18-11-12-27-24(29-18)28-17-5-3-2-4-6-17/h2-12,22H,13-14H2,1H3,(H,30,31)(H,32,33)(H,27,28,29). The molecule has 0 amide bonds. The van der Waals surface area contributed by atoms with E-state index < -0.39 is 17.7 Å². The van der Waals surface area contributed by atoms with Gasteiger partial charge in [0.2, 0.25) is 12.2 Å². The Labute approximate surface area is 200 Å². The van der Waals surface area contributed by atoms with Crippen LogP contribution in [0.3, 0.4) is 0 Å². The molecule has 3 heterocycles. The Morgan fingerprint density at radius 3 is 2.49 bits per heavy atom. The Balaban J connectivity index is 1.50. The number of carboxylic acid groups (broad SMARTS) is 1. The third-order valence-corrected chi connectivity index (χ3v) is 5.63. The van der Waals surface area contributed by atoms with Gasteiger partial charge >= 0.3 is 5.97 Å². The van der Waals surface area contributed by atoms with Crippen LogP contribution in [0.15, 0.2) is 66.9 Å². The van der Waals surface area contributed by atoms with Crippen LogP contribution >= 0.6 is 0 Å². The van der Waals surface area contributed by atoms with Crippen LogP contribution < -0.4 is 5.32 Å². The van der Waals surface area contributed by atoms with Crippen molar-refractivity contribution < 1.29 is 23.8 Å². The number of carboxylic acids is 1. The van der Waals surface area contributed by atoms with Gasteiger partial charge in [0.05, 0.1) is 30.3 Å². The number of carbonyl (C=O) groups is 1. The molecule has 1 aliphatic heterocycles. The van der Waals surface area contributed by atoms with Gasteiger partial charge in [-0.15, -0.1) is 0 Å². The number of ether oxygens (including phenoxy) is 2. The SMILES string of the molecule is CC1(C(=O)O)COC(c2nc(-c3ccc(F)cc3)c(-c3ccnc(Nc4ccccc4)n3)[nH]2)OC1. The van der Waals surface area contributed by atoms with E-state index in [9.17, 15) is 14.3 Å². The first-order valence-corrected chi connectivity index (χ1v) is 10.9. The van der Waals surface area contributed by atoms with Gasteiger partial charge < -0.3 is 24.9 Å². The molecule has 3 N–H and O–H groups in total. The van der Waals surface area contributed by atoms with Crippen molar-refractivity contribution in [3.63, 3.8) is 0 Å². The largest absolute Gasteiger partial charge is 0.481 e. The number of aromatic amines is 1. The maximum absolute atomic E-state index is 13.6. The highest BCUT2D eigenvalue weighted by Crippen LogP contribution is 2.35. The number of hydrogen-bond donors (Lipinski definition) is 3. The first-order chi connectivity index (χ1) is 16.9. The van der Waals surface area contributed by atoms with Gasteiger partial charge in [-0.3, -0.25) is 4.79 Å². The molecule has 10 heteroatoms. The third kappa shape index (κ3) is 4.75. The number of rotatable bonds is 6. The number of aliphatic carboxylic acids is 1. The molecule has 2 aromatic heterocycles. The summed E-state index contributed by atoms with van der Waals surface area (Å²) in [6.07, 6.45) is 0.730. The number of para-hydroxylation sites is 1. The van der Waals surface area contributed by atoms with Crippen LogP contribution in [0.5, 0.6) is 0 Å². The molecule has 1 saturated heterocycles. The number of benzene rings is 2. The average molecular weight is 475 g/mol. The zero-order chi connectivity index (χ0) is 24.4. The maximum Gasteiger partial charge on any atom is 0.314 e. The van der Waals surface area contributed by atoms with Crippen molar-refractivity contribution in [1.29, 1.82) is 0 Å². The lowest BCUT2D eigenvalue weighted by molar-refractivity contribution is -0.236. The molecule has 0 radical (unpaired) electrons. The van der Waals surface area contributed by atoms with Crippen LogP contribution in [-0.2, 0) is 14.3 Å².